The van der Waals surface area contributed by atoms with E-state index in [0.717, 1.165) is 87.0 Å². The third-order valence-corrected chi connectivity index (χ3v) is 17.5. The minimum Gasteiger partial charge on any atom is -0.494 e. The molecule has 1 heterocycles. The standard InChI is InChI=1S/C51H62ClN3O7/c52-37-7-3-8-38(25-37)55-51(47(59)60)17-15-49(16-18-51)34(6-4-21-62-44-14-19-53-42-10-2-1-9-40(42)44)23-33-12-13-39(26-41(33)49)61-20-5-11-45(56)54-43(46(57)58)30-48-27-32-22-35-24-36(29-48)50(35,28-32)31-48/h3,7-8,12-14,19,25-26,32,34-36,43,55H,1-2,4-6,9-11,15-18,20-24,27-31H2,(H,54,56)(H,57,58)(H,59,60). The number of carbonyl (C=O) groups is 3. The number of pyridine rings is 1. The second-order valence-electron chi connectivity index (χ2n) is 20.7. The molecule has 11 heteroatoms. The van der Waals surface area contributed by atoms with Gasteiger partial charge < -0.3 is 30.3 Å². The van der Waals surface area contributed by atoms with Crippen LogP contribution in [0.2, 0.25) is 5.02 Å². The summed E-state index contributed by atoms with van der Waals surface area (Å²) in [7, 11) is 0. The Kier molecular flexibility index (Phi) is 11.0. The highest BCUT2D eigenvalue weighted by molar-refractivity contribution is 6.30. The zero-order valence-electron chi connectivity index (χ0n) is 35.9. The largest absolute Gasteiger partial charge is 0.494 e. The van der Waals surface area contributed by atoms with Crippen LogP contribution >= 0.6 is 11.6 Å². The number of rotatable bonds is 17. The van der Waals surface area contributed by atoms with Gasteiger partial charge in [0.2, 0.25) is 5.91 Å². The lowest BCUT2D eigenvalue weighted by Crippen LogP contribution is -2.53. The van der Waals surface area contributed by atoms with Crippen LogP contribution in [0.15, 0.2) is 54.7 Å². The van der Waals surface area contributed by atoms with Gasteiger partial charge in [0.15, 0.2) is 0 Å². The van der Waals surface area contributed by atoms with Crippen LogP contribution in [-0.2, 0) is 39.1 Å². The van der Waals surface area contributed by atoms with Crippen molar-refractivity contribution in [3.8, 4) is 11.5 Å². The minimum atomic E-state index is -1.11. The molecule has 10 nitrogen and oxygen atoms in total. The first-order chi connectivity index (χ1) is 30.0. The first-order valence-electron chi connectivity index (χ1n) is 23.6. The van der Waals surface area contributed by atoms with E-state index in [1.807, 2.05) is 30.5 Å². The zero-order valence-corrected chi connectivity index (χ0v) is 36.7. The molecule has 3 bridgehead atoms. The molecule has 10 rings (SSSR count). The van der Waals surface area contributed by atoms with Crippen LogP contribution in [0, 0.1) is 34.5 Å². The molecule has 7 atom stereocenters. The normalized spacial score (nSPS) is 32.6. The third kappa shape index (κ3) is 7.53. The maximum atomic E-state index is 13.2. The fourth-order valence-corrected chi connectivity index (χ4v) is 14.9. The van der Waals surface area contributed by atoms with E-state index in [0.29, 0.717) is 73.8 Å². The Labute approximate surface area is 370 Å². The topological polar surface area (TPSA) is 147 Å². The number of aromatic nitrogens is 1. The predicted molar refractivity (Wildman–Crippen MR) is 237 cm³/mol. The molecule has 5 fully saturated rings. The van der Waals surface area contributed by atoms with Gasteiger partial charge in [0.05, 0.1) is 13.2 Å². The van der Waals surface area contributed by atoms with Gasteiger partial charge in [-0.3, -0.25) is 9.78 Å². The molecule has 0 aliphatic heterocycles. The van der Waals surface area contributed by atoms with Crippen LogP contribution in [0.4, 0.5) is 5.69 Å². The number of ether oxygens (including phenoxy) is 2. The summed E-state index contributed by atoms with van der Waals surface area (Å²) in [6.45, 7) is 0.951. The van der Waals surface area contributed by atoms with E-state index in [4.69, 9.17) is 21.1 Å². The molecule has 7 aliphatic carbocycles. The molecule has 2 spiro atoms. The summed E-state index contributed by atoms with van der Waals surface area (Å²) in [5.74, 6) is 2.36. The molecule has 1 amide bonds. The highest BCUT2D eigenvalue weighted by Gasteiger charge is 2.70. The van der Waals surface area contributed by atoms with Crippen LogP contribution in [0.5, 0.6) is 11.5 Å². The maximum Gasteiger partial charge on any atom is 0.329 e. The number of anilines is 1. The van der Waals surface area contributed by atoms with Crippen LogP contribution in [0.1, 0.15) is 132 Å². The van der Waals surface area contributed by atoms with Crippen molar-refractivity contribution in [2.24, 2.45) is 34.5 Å². The Bertz CT molecular complexity index is 2220. The first-order valence-corrected chi connectivity index (χ1v) is 24.0. The molecular weight excluding hydrogens is 802 g/mol. The van der Waals surface area contributed by atoms with Gasteiger partial charge in [0.25, 0.3) is 0 Å². The number of carbonyl (C=O) groups excluding carboxylic acids is 1. The molecule has 7 aliphatic rings. The number of aliphatic carboxylic acids is 2. The highest BCUT2D eigenvalue weighted by atomic mass is 35.5. The van der Waals surface area contributed by atoms with Gasteiger partial charge in [0, 0.05) is 34.6 Å². The van der Waals surface area contributed by atoms with E-state index in [1.54, 1.807) is 12.1 Å². The second kappa shape index (κ2) is 16.4. The fourth-order valence-electron chi connectivity index (χ4n) is 14.7. The van der Waals surface area contributed by atoms with Gasteiger partial charge in [-0.05, 0) is 209 Å². The number of hydrogen-bond donors (Lipinski definition) is 4. The lowest BCUT2D eigenvalue weighted by molar-refractivity contribution is -0.144. The van der Waals surface area contributed by atoms with Crippen molar-refractivity contribution in [3.05, 3.63) is 82.1 Å². The van der Waals surface area contributed by atoms with Crippen molar-refractivity contribution in [3.63, 3.8) is 0 Å². The molecule has 330 valence electrons. The van der Waals surface area contributed by atoms with Crippen LogP contribution in [-0.4, -0.2) is 57.8 Å². The lowest BCUT2D eigenvalue weighted by atomic mass is 9.55. The van der Waals surface area contributed by atoms with E-state index in [1.165, 1.54) is 48.1 Å². The van der Waals surface area contributed by atoms with Crippen molar-refractivity contribution in [2.75, 3.05) is 18.5 Å². The monoisotopic (exact) mass is 863 g/mol. The van der Waals surface area contributed by atoms with Gasteiger partial charge >= 0.3 is 11.9 Å². The van der Waals surface area contributed by atoms with Gasteiger partial charge in [-0.1, -0.05) is 23.7 Å². The fraction of sp³-hybridized carbons (Fsp3) is 0.608. The quantitative estimate of drug-likeness (QED) is 0.0975. The first kappa shape index (κ1) is 41.7. The molecule has 0 saturated heterocycles. The number of nitrogens with zero attached hydrogens (tertiary/aromatic N) is 1. The summed E-state index contributed by atoms with van der Waals surface area (Å²) in [4.78, 5) is 43.3. The van der Waals surface area contributed by atoms with Crippen LogP contribution in [0.25, 0.3) is 0 Å². The number of fused-ring (bicyclic) bond motifs is 5. The number of benzene rings is 2. The average Bonchev–Trinajstić information content (AvgIpc) is 3.73. The summed E-state index contributed by atoms with van der Waals surface area (Å²) < 4.78 is 12.8. The molecule has 3 aromatic rings. The smallest absolute Gasteiger partial charge is 0.329 e. The summed E-state index contributed by atoms with van der Waals surface area (Å²) in [6, 6.07) is 14.8. The molecule has 2 aromatic carbocycles. The van der Waals surface area contributed by atoms with Crippen molar-refractivity contribution < 1.29 is 34.1 Å². The van der Waals surface area contributed by atoms with Gasteiger partial charge in [-0.2, -0.15) is 0 Å². The number of amides is 1. The van der Waals surface area contributed by atoms with Crippen molar-refractivity contribution in [1.82, 2.24) is 10.3 Å². The van der Waals surface area contributed by atoms with Crippen molar-refractivity contribution in [1.29, 1.82) is 0 Å². The number of carboxylic acid groups (broad SMARTS) is 2. The Balaban J connectivity index is 0.787. The molecule has 4 N–H and O–H groups in total. The van der Waals surface area contributed by atoms with E-state index in [2.05, 4.69) is 27.8 Å². The molecule has 0 radical (unpaired) electrons. The molecule has 5 saturated carbocycles. The summed E-state index contributed by atoms with van der Waals surface area (Å²) in [5, 5.41) is 27.8. The summed E-state index contributed by atoms with van der Waals surface area (Å²) >= 11 is 6.31. The van der Waals surface area contributed by atoms with E-state index >= 15 is 0 Å². The molecular formula is C51H62ClN3O7. The maximum absolute atomic E-state index is 13.2. The third-order valence-electron chi connectivity index (χ3n) is 17.3. The SMILES string of the molecule is O=C(CCCOc1ccc2c(c1)C1(CCC(Nc3cccc(Cl)c3)(C(=O)O)CC1)C(CCCOc1ccnc3c1CCCC3)C2)NC(CC12CC3CC4CC(C1)C4(C3)C2)C(=O)O. The van der Waals surface area contributed by atoms with Crippen LogP contribution in [0.3, 0.4) is 0 Å². The predicted octanol–water partition coefficient (Wildman–Crippen LogP) is 9.73. The molecule has 7 unspecified atom stereocenters. The van der Waals surface area contributed by atoms with Crippen LogP contribution < -0.4 is 20.1 Å². The van der Waals surface area contributed by atoms with Crippen molar-refractivity contribution >= 4 is 35.1 Å². The average molecular weight is 865 g/mol. The molecule has 62 heavy (non-hydrogen) atoms. The summed E-state index contributed by atoms with van der Waals surface area (Å²) in [5.41, 5.74) is 4.87. The minimum absolute atomic E-state index is 0.0652. The van der Waals surface area contributed by atoms with E-state index in [-0.39, 0.29) is 23.2 Å². The van der Waals surface area contributed by atoms with Gasteiger partial charge in [-0.25, -0.2) is 9.59 Å². The number of aryl methyl sites for hydroxylation is 1. The number of carboxylic acids is 2. The Hall–Kier alpha value is -4.31. The number of halogens is 1. The Morgan fingerprint density at radius 1 is 0.903 bits per heavy atom. The Morgan fingerprint density at radius 2 is 1.74 bits per heavy atom. The number of nitrogens with one attached hydrogen (secondary N) is 2. The molecule has 1 aromatic heterocycles. The number of hydrogen-bond acceptors (Lipinski definition) is 7. The van der Waals surface area contributed by atoms with E-state index in [9.17, 15) is 24.6 Å². The van der Waals surface area contributed by atoms with Gasteiger partial charge in [0.1, 0.15) is 23.1 Å². The Morgan fingerprint density at radius 3 is 2.56 bits per heavy atom. The van der Waals surface area contributed by atoms with E-state index < -0.39 is 23.5 Å². The summed E-state index contributed by atoms with van der Waals surface area (Å²) in [6.07, 6.45) is 20.0. The second-order valence-corrected chi connectivity index (χ2v) is 21.1. The zero-order chi connectivity index (χ0) is 42.7. The highest BCUT2D eigenvalue weighted by Crippen LogP contribution is 2.79. The van der Waals surface area contributed by atoms with Gasteiger partial charge in [-0.15, -0.1) is 0 Å². The van der Waals surface area contributed by atoms with Crippen molar-refractivity contribution in [2.45, 2.75) is 145 Å². The lowest BCUT2D eigenvalue weighted by Gasteiger charge is -2.49.